The highest BCUT2D eigenvalue weighted by atomic mass is 16.5. The lowest BCUT2D eigenvalue weighted by atomic mass is 9.87. The lowest BCUT2D eigenvalue weighted by Crippen LogP contribution is -2.23. The number of aryl methyl sites for hydroxylation is 1. The Morgan fingerprint density at radius 3 is 2.35 bits per heavy atom. The molecular weight excluding hydrogens is 284 g/mol. The van der Waals surface area contributed by atoms with Crippen molar-refractivity contribution < 1.29 is 9.84 Å². The van der Waals surface area contributed by atoms with Crippen LogP contribution in [0, 0.1) is 0 Å². The molecule has 1 aliphatic rings. The lowest BCUT2D eigenvalue weighted by molar-refractivity contribution is 0.131. The zero-order valence-electron chi connectivity index (χ0n) is 13.4. The molecule has 0 saturated carbocycles. The van der Waals surface area contributed by atoms with Gasteiger partial charge in [-0.3, -0.25) is 0 Å². The fourth-order valence-electron chi connectivity index (χ4n) is 2.85. The van der Waals surface area contributed by atoms with Crippen LogP contribution in [0.4, 0.5) is 0 Å². The molecule has 0 spiro atoms. The molecule has 0 radical (unpaired) electrons. The van der Waals surface area contributed by atoms with Crippen molar-refractivity contribution in [3.05, 3.63) is 65.2 Å². The van der Waals surface area contributed by atoms with E-state index in [1.54, 1.807) is 12.1 Å². The Bertz CT molecular complexity index is 704. The molecule has 2 heteroatoms. The molecule has 0 amide bonds. The predicted octanol–water partition coefficient (Wildman–Crippen LogP) is 5.58. The second-order valence-electron chi connectivity index (χ2n) is 6.74. The Labute approximate surface area is 139 Å². The molecule has 0 saturated heterocycles. The van der Waals surface area contributed by atoms with Crippen molar-refractivity contribution in [1.29, 1.82) is 0 Å². The van der Waals surface area contributed by atoms with Crippen molar-refractivity contribution in [1.82, 2.24) is 0 Å². The van der Waals surface area contributed by atoms with Gasteiger partial charge in [0.15, 0.2) is 0 Å². The summed E-state index contributed by atoms with van der Waals surface area (Å²) >= 11 is 0. The Kier molecular flexibility index (Phi) is 4.84. The molecule has 122 valence electrons. The SMILES string of the molecule is C.CC(C)(C)Oc1ccc2c(c1)CCC=C2c1ccc(O)cc1. The maximum atomic E-state index is 9.46. The van der Waals surface area contributed by atoms with E-state index in [1.807, 2.05) is 18.2 Å². The summed E-state index contributed by atoms with van der Waals surface area (Å²) in [5.74, 6) is 1.23. The third kappa shape index (κ3) is 3.95. The topological polar surface area (TPSA) is 29.5 Å². The number of phenolic OH excluding ortho intramolecular Hbond substituents is 1. The van der Waals surface area contributed by atoms with E-state index in [0.29, 0.717) is 5.75 Å². The van der Waals surface area contributed by atoms with Gasteiger partial charge in [-0.05, 0) is 80.1 Å². The highest BCUT2D eigenvalue weighted by Gasteiger charge is 2.17. The van der Waals surface area contributed by atoms with Crippen LogP contribution in [-0.4, -0.2) is 10.7 Å². The standard InChI is InChI=1S/C20H22O2.CH4/c1-20(2,3)22-17-11-12-19-15(13-17)5-4-6-18(19)14-7-9-16(21)10-8-14;/h6-13,21H,4-5H2,1-3H3;1H4. The number of hydrogen-bond acceptors (Lipinski definition) is 2. The van der Waals surface area contributed by atoms with Gasteiger partial charge in [0.1, 0.15) is 17.1 Å². The highest BCUT2D eigenvalue weighted by Crippen LogP contribution is 2.34. The summed E-state index contributed by atoms with van der Waals surface area (Å²) in [6.07, 6.45) is 4.35. The minimum absolute atomic E-state index is 0. The van der Waals surface area contributed by atoms with E-state index >= 15 is 0 Å². The Balaban J connectivity index is 0.00000192. The van der Waals surface area contributed by atoms with Crippen molar-refractivity contribution in [2.24, 2.45) is 0 Å². The van der Waals surface area contributed by atoms with Gasteiger partial charge in [0, 0.05) is 0 Å². The number of phenols is 1. The Morgan fingerprint density at radius 2 is 1.70 bits per heavy atom. The average molecular weight is 310 g/mol. The molecule has 0 heterocycles. The summed E-state index contributed by atoms with van der Waals surface area (Å²) in [5, 5.41) is 9.46. The Hall–Kier alpha value is -2.22. The molecule has 0 bridgehead atoms. The fraction of sp³-hybridized carbons (Fsp3) is 0.333. The molecule has 0 aromatic heterocycles. The van der Waals surface area contributed by atoms with Crippen molar-refractivity contribution >= 4 is 5.57 Å². The number of fused-ring (bicyclic) bond motifs is 1. The molecule has 2 aromatic rings. The van der Waals surface area contributed by atoms with Crippen molar-refractivity contribution in [3.63, 3.8) is 0 Å². The second kappa shape index (κ2) is 6.49. The number of aromatic hydroxyl groups is 1. The first-order valence-electron chi connectivity index (χ1n) is 7.74. The van der Waals surface area contributed by atoms with E-state index in [9.17, 15) is 5.11 Å². The minimum Gasteiger partial charge on any atom is -0.508 e. The first-order chi connectivity index (χ1) is 10.4. The number of allylic oxidation sites excluding steroid dienone is 1. The predicted molar refractivity (Wildman–Crippen MR) is 97.1 cm³/mol. The molecule has 23 heavy (non-hydrogen) atoms. The summed E-state index contributed by atoms with van der Waals surface area (Å²) in [6, 6.07) is 13.8. The van der Waals surface area contributed by atoms with Crippen LogP contribution in [0.2, 0.25) is 0 Å². The minimum atomic E-state index is -0.182. The van der Waals surface area contributed by atoms with Crippen LogP contribution in [-0.2, 0) is 6.42 Å². The summed E-state index contributed by atoms with van der Waals surface area (Å²) in [6.45, 7) is 6.19. The van der Waals surface area contributed by atoms with Crippen LogP contribution in [0.15, 0.2) is 48.5 Å². The third-order valence-corrected chi connectivity index (χ3v) is 3.73. The van der Waals surface area contributed by atoms with Gasteiger partial charge in [-0.2, -0.15) is 0 Å². The third-order valence-electron chi connectivity index (χ3n) is 3.73. The van der Waals surface area contributed by atoms with Crippen molar-refractivity contribution in [2.45, 2.75) is 46.6 Å². The van der Waals surface area contributed by atoms with Gasteiger partial charge in [-0.1, -0.05) is 31.7 Å². The highest BCUT2D eigenvalue weighted by molar-refractivity contribution is 5.83. The number of benzene rings is 2. The number of hydrogen-bond donors (Lipinski definition) is 1. The summed E-state index contributed by atoms with van der Waals surface area (Å²) in [4.78, 5) is 0. The number of rotatable bonds is 2. The zero-order valence-corrected chi connectivity index (χ0v) is 13.4. The number of ether oxygens (including phenoxy) is 1. The molecule has 3 rings (SSSR count). The van der Waals surface area contributed by atoms with Crippen LogP contribution in [0.1, 0.15) is 51.3 Å². The Morgan fingerprint density at radius 1 is 1.00 bits per heavy atom. The van der Waals surface area contributed by atoms with Crippen LogP contribution in [0.5, 0.6) is 11.5 Å². The van der Waals surface area contributed by atoms with Crippen LogP contribution >= 0.6 is 0 Å². The maximum Gasteiger partial charge on any atom is 0.120 e. The second-order valence-corrected chi connectivity index (χ2v) is 6.74. The first kappa shape index (κ1) is 17.1. The molecule has 0 atom stereocenters. The lowest BCUT2D eigenvalue weighted by Gasteiger charge is -2.24. The molecule has 1 aliphatic carbocycles. The van der Waals surface area contributed by atoms with E-state index < -0.39 is 0 Å². The van der Waals surface area contributed by atoms with E-state index in [-0.39, 0.29) is 13.0 Å². The quantitative estimate of drug-likeness (QED) is 0.784. The zero-order chi connectivity index (χ0) is 15.7. The molecular formula is C21H26O2. The normalized spacial score (nSPS) is 13.6. The first-order valence-corrected chi connectivity index (χ1v) is 7.74. The van der Waals surface area contributed by atoms with E-state index in [0.717, 1.165) is 24.2 Å². The van der Waals surface area contributed by atoms with Crippen molar-refractivity contribution in [2.75, 3.05) is 0 Å². The smallest absolute Gasteiger partial charge is 0.120 e. The van der Waals surface area contributed by atoms with Gasteiger partial charge < -0.3 is 9.84 Å². The molecule has 1 N–H and O–H groups in total. The van der Waals surface area contributed by atoms with Gasteiger partial charge >= 0.3 is 0 Å². The van der Waals surface area contributed by atoms with E-state index in [2.05, 4.69) is 39.0 Å². The van der Waals surface area contributed by atoms with Crippen LogP contribution in [0.3, 0.4) is 0 Å². The van der Waals surface area contributed by atoms with Gasteiger partial charge in [-0.25, -0.2) is 0 Å². The van der Waals surface area contributed by atoms with Crippen molar-refractivity contribution in [3.8, 4) is 11.5 Å². The van der Waals surface area contributed by atoms with Gasteiger partial charge in [0.2, 0.25) is 0 Å². The maximum absolute atomic E-state index is 9.46. The molecule has 0 unspecified atom stereocenters. The van der Waals surface area contributed by atoms with Gasteiger partial charge in [-0.15, -0.1) is 0 Å². The summed E-state index contributed by atoms with van der Waals surface area (Å²) < 4.78 is 5.97. The van der Waals surface area contributed by atoms with E-state index in [4.69, 9.17) is 4.74 Å². The molecule has 2 nitrogen and oxygen atoms in total. The monoisotopic (exact) mass is 310 g/mol. The molecule has 2 aromatic carbocycles. The molecule has 0 aliphatic heterocycles. The summed E-state index contributed by atoms with van der Waals surface area (Å²) in [7, 11) is 0. The summed E-state index contributed by atoms with van der Waals surface area (Å²) in [5.41, 5.74) is 4.79. The van der Waals surface area contributed by atoms with E-state index in [1.165, 1.54) is 16.7 Å². The largest absolute Gasteiger partial charge is 0.508 e. The fourth-order valence-corrected chi connectivity index (χ4v) is 2.85. The van der Waals surface area contributed by atoms with Gasteiger partial charge in [0.25, 0.3) is 0 Å². The van der Waals surface area contributed by atoms with Crippen LogP contribution in [0.25, 0.3) is 5.57 Å². The van der Waals surface area contributed by atoms with Crippen LogP contribution < -0.4 is 4.74 Å². The van der Waals surface area contributed by atoms with Gasteiger partial charge in [0.05, 0.1) is 0 Å². The average Bonchev–Trinajstić information content (AvgIpc) is 2.45. The molecule has 0 fully saturated rings.